The first kappa shape index (κ1) is 13.4. The van der Waals surface area contributed by atoms with Crippen LogP contribution in [0.2, 0.25) is 0 Å². The van der Waals surface area contributed by atoms with E-state index >= 15 is 0 Å². The second-order valence-corrected chi connectivity index (χ2v) is 5.24. The average molecular weight is 254 g/mol. The van der Waals surface area contributed by atoms with Crippen LogP contribution in [0.15, 0.2) is 48.8 Å². The van der Waals surface area contributed by atoms with Crippen molar-refractivity contribution in [2.24, 2.45) is 5.73 Å². The van der Waals surface area contributed by atoms with Crippen LogP contribution in [0.4, 0.5) is 0 Å². The molecule has 0 saturated heterocycles. The molecule has 0 radical (unpaired) electrons. The minimum absolute atomic E-state index is 0.0113. The third-order valence-corrected chi connectivity index (χ3v) is 3.34. The topological polar surface area (TPSA) is 56.0 Å². The Morgan fingerprint density at radius 1 is 1.21 bits per heavy atom. The Morgan fingerprint density at radius 3 is 2.58 bits per heavy atom. The predicted octanol–water partition coefficient (Wildman–Crippen LogP) is 2.55. The molecule has 0 aliphatic rings. The van der Waals surface area contributed by atoms with Gasteiger partial charge in [0.2, 0.25) is 0 Å². The van der Waals surface area contributed by atoms with E-state index in [1.807, 2.05) is 24.3 Å². The number of nitrogens with zero attached hydrogens (tertiary/aromatic N) is 1. The van der Waals surface area contributed by atoms with Gasteiger partial charge in [0.25, 0.3) is 0 Å². The number of nitrogens with two attached hydrogens (primary N) is 1. The number of hydrogen-bond donors (Lipinski definition) is 1. The summed E-state index contributed by atoms with van der Waals surface area (Å²) in [6.07, 6.45) is 3.24. The van der Waals surface area contributed by atoms with Crippen molar-refractivity contribution in [2.45, 2.75) is 19.3 Å². The molecule has 0 aliphatic heterocycles. The highest BCUT2D eigenvalue weighted by Gasteiger charge is 2.20. The second kappa shape index (κ2) is 5.33. The number of pyridine rings is 1. The largest absolute Gasteiger partial charge is 0.330 e. The Hall–Kier alpha value is -2.00. The third-order valence-electron chi connectivity index (χ3n) is 3.34. The Morgan fingerprint density at radius 2 is 1.95 bits per heavy atom. The van der Waals surface area contributed by atoms with E-state index in [0.29, 0.717) is 17.7 Å². The molecule has 19 heavy (non-hydrogen) atoms. The van der Waals surface area contributed by atoms with Crippen LogP contribution in [0.3, 0.4) is 0 Å². The van der Waals surface area contributed by atoms with E-state index in [-0.39, 0.29) is 11.2 Å². The van der Waals surface area contributed by atoms with E-state index < -0.39 is 0 Å². The Balaban J connectivity index is 2.37. The summed E-state index contributed by atoms with van der Waals surface area (Å²) >= 11 is 0. The summed E-state index contributed by atoms with van der Waals surface area (Å²) in [7, 11) is 0. The highest BCUT2D eigenvalue weighted by Crippen LogP contribution is 2.23. The third kappa shape index (κ3) is 2.88. The van der Waals surface area contributed by atoms with E-state index in [9.17, 15) is 4.79 Å². The van der Waals surface area contributed by atoms with E-state index in [1.165, 1.54) is 0 Å². The standard InChI is InChI=1S/C16H18N2O/c1-16(2,11-17)14-7-3-5-12(9-14)15(19)13-6-4-8-18-10-13/h3-10H,11,17H2,1-2H3. The van der Waals surface area contributed by atoms with Gasteiger partial charge in [0, 0.05) is 35.5 Å². The molecule has 0 bridgehead atoms. The summed E-state index contributed by atoms with van der Waals surface area (Å²) in [5.41, 5.74) is 8.00. The van der Waals surface area contributed by atoms with Crippen molar-refractivity contribution in [3.8, 4) is 0 Å². The number of rotatable bonds is 4. The molecule has 1 heterocycles. The van der Waals surface area contributed by atoms with Crippen molar-refractivity contribution in [3.05, 3.63) is 65.5 Å². The van der Waals surface area contributed by atoms with E-state index in [2.05, 4.69) is 18.8 Å². The van der Waals surface area contributed by atoms with E-state index in [0.717, 1.165) is 5.56 Å². The summed E-state index contributed by atoms with van der Waals surface area (Å²) in [5, 5.41) is 0. The van der Waals surface area contributed by atoms with Crippen LogP contribution < -0.4 is 5.73 Å². The first-order chi connectivity index (χ1) is 9.04. The number of hydrogen-bond acceptors (Lipinski definition) is 3. The monoisotopic (exact) mass is 254 g/mol. The van der Waals surface area contributed by atoms with Crippen molar-refractivity contribution in [1.82, 2.24) is 4.98 Å². The predicted molar refractivity (Wildman–Crippen MR) is 76.2 cm³/mol. The molecule has 1 aromatic heterocycles. The fraction of sp³-hybridized carbons (Fsp3) is 0.250. The van der Waals surface area contributed by atoms with Crippen LogP contribution in [0.1, 0.15) is 35.3 Å². The highest BCUT2D eigenvalue weighted by atomic mass is 16.1. The van der Waals surface area contributed by atoms with Crippen molar-refractivity contribution in [2.75, 3.05) is 6.54 Å². The summed E-state index contributed by atoms with van der Waals surface area (Å²) in [5.74, 6) is -0.0113. The zero-order chi connectivity index (χ0) is 13.9. The molecule has 2 N–H and O–H groups in total. The van der Waals surface area contributed by atoms with Crippen LogP contribution >= 0.6 is 0 Å². The molecule has 0 atom stereocenters. The van der Waals surface area contributed by atoms with Gasteiger partial charge in [-0.2, -0.15) is 0 Å². The number of aromatic nitrogens is 1. The zero-order valence-corrected chi connectivity index (χ0v) is 11.3. The van der Waals surface area contributed by atoms with E-state index in [1.54, 1.807) is 24.5 Å². The summed E-state index contributed by atoms with van der Waals surface area (Å²) in [6, 6.07) is 11.2. The Kier molecular flexibility index (Phi) is 3.76. The molecule has 0 amide bonds. The molecule has 0 aliphatic carbocycles. The van der Waals surface area contributed by atoms with Crippen LogP contribution in [-0.4, -0.2) is 17.3 Å². The lowest BCUT2D eigenvalue weighted by molar-refractivity contribution is 0.103. The van der Waals surface area contributed by atoms with Gasteiger partial charge in [0.1, 0.15) is 0 Å². The first-order valence-electron chi connectivity index (χ1n) is 6.30. The second-order valence-electron chi connectivity index (χ2n) is 5.24. The highest BCUT2D eigenvalue weighted by molar-refractivity contribution is 6.08. The lowest BCUT2D eigenvalue weighted by Gasteiger charge is -2.23. The smallest absolute Gasteiger partial charge is 0.194 e. The molecule has 3 heteroatoms. The van der Waals surface area contributed by atoms with Crippen molar-refractivity contribution in [1.29, 1.82) is 0 Å². The van der Waals surface area contributed by atoms with Crippen LogP contribution in [-0.2, 0) is 5.41 Å². The number of carbonyl (C=O) groups is 1. The van der Waals surface area contributed by atoms with Crippen molar-refractivity contribution < 1.29 is 4.79 Å². The number of ketones is 1. The van der Waals surface area contributed by atoms with Gasteiger partial charge >= 0.3 is 0 Å². The molecule has 1 aromatic carbocycles. The summed E-state index contributed by atoms with van der Waals surface area (Å²) < 4.78 is 0. The molecule has 2 rings (SSSR count). The molecule has 0 unspecified atom stereocenters. The van der Waals surface area contributed by atoms with Gasteiger partial charge in [-0.3, -0.25) is 9.78 Å². The van der Waals surface area contributed by atoms with Gasteiger partial charge in [-0.05, 0) is 23.8 Å². The maximum atomic E-state index is 12.3. The molecule has 0 spiro atoms. The molecule has 0 fully saturated rings. The lowest BCUT2D eigenvalue weighted by Crippen LogP contribution is -2.28. The Bertz CT molecular complexity index is 576. The number of benzene rings is 1. The fourth-order valence-corrected chi connectivity index (χ4v) is 1.86. The van der Waals surface area contributed by atoms with E-state index in [4.69, 9.17) is 5.73 Å². The zero-order valence-electron chi connectivity index (χ0n) is 11.3. The van der Waals surface area contributed by atoms with Gasteiger partial charge in [0.05, 0.1) is 0 Å². The first-order valence-corrected chi connectivity index (χ1v) is 6.30. The quantitative estimate of drug-likeness (QED) is 0.853. The summed E-state index contributed by atoms with van der Waals surface area (Å²) in [6.45, 7) is 4.68. The Labute approximate surface area is 113 Å². The minimum Gasteiger partial charge on any atom is -0.330 e. The molecular formula is C16H18N2O. The molecular weight excluding hydrogens is 236 g/mol. The van der Waals surface area contributed by atoms with Crippen LogP contribution in [0.5, 0.6) is 0 Å². The van der Waals surface area contributed by atoms with Crippen LogP contribution in [0.25, 0.3) is 0 Å². The van der Waals surface area contributed by atoms with Crippen LogP contribution in [0, 0.1) is 0 Å². The average Bonchev–Trinajstić information content (AvgIpc) is 2.47. The van der Waals surface area contributed by atoms with Gasteiger partial charge in [-0.1, -0.05) is 32.0 Å². The molecule has 98 valence electrons. The fourth-order valence-electron chi connectivity index (χ4n) is 1.86. The molecule has 2 aromatic rings. The maximum Gasteiger partial charge on any atom is 0.194 e. The minimum atomic E-state index is -0.134. The molecule has 3 nitrogen and oxygen atoms in total. The van der Waals surface area contributed by atoms with Gasteiger partial charge in [0.15, 0.2) is 5.78 Å². The maximum absolute atomic E-state index is 12.3. The van der Waals surface area contributed by atoms with Gasteiger partial charge in [-0.15, -0.1) is 0 Å². The summed E-state index contributed by atoms with van der Waals surface area (Å²) in [4.78, 5) is 16.3. The molecule has 0 saturated carbocycles. The lowest BCUT2D eigenvalue weighted by atomic mass is 9.83. The van der Waals surface area contributed by atoms with Gasteiger partial charge < -0.3 is 5.73 Å². The SMILES string of the molecule is CC(C)(CN)c1cccc(C(=O)c2cccnc2)c1. The number of carbonyl (C=O) groups excluding carboxylic acids is 1. The van der Waals surface area contributed by atoms with Crippen molar-refractivity contribution >= 4 is 5.78 Å². The van der Waals surface area contributed by atoms with Crippen molar-refractivity contribution in [3.63, 3.8) is 0 Å². The normalized spacial score (nSPS) is 11.3. The van der Waals surface area contributed by atoms with Gasteiger partial charge in [-0.25, -0.2) is 0 Å².